The Morgan fingerprint density at radius 2 is 0.940 bits per heavy atom. The molecule has 2 aliphatic rings. The molecule has 2 aliphatic carbocycles. The number of aldehydes is 1. The lowest BCUT2D eigenvalue weighted by atomic mass is 9.82. The second-order valence-corrected chi connectivity index (χ2v) is 12.2. The van der Waals surface area contributed by atoms with E-state index in [4.69, 9.17) is 28.4 Å². The zero-order chi connectivity index (χ0) is 36.3. The fourth-order valence-corrected chi connectivity index (χ4v) is 5.75. The Balaban J connectivity index is 1.36. The van der Waals surface area contributed by atoms with Gasteiger partial charge in [0.15, 0.2) is 6.29 Å². The predicted molar refractivity (Wildman–Crippen MR) is 177 cm³/mol. The Labute approximate surface area is 291 Å². The topological polar surface area (TPSA) is 175 Å². The van der Waals surface area contributed by atoms with Gasteiger partial charge in [0, 0.05) is 12.2 Å². The Hall–Kier alpha value is -4.81. The van der Waals surface area contributed by atoms with E-state index in [1.54, 1.807) is 0 Å². The lowest BCUT2D eigenvalue weighted by Crippen LogP contribution is -2.30. The van der Waals surface area contributed by atoms with Crippen LogP contribution in [0.5, 0.6) is 11.5 Å². The highest BCUT2D eigenvalue weighted by atomic mass is 16.6. The molecule has 0 aromatic heterocycles. The van der Waals surface area contributed by atoms with Gasteiger partial charge in [-0.3, -0.25) is 24.0 Å². The van der Waals surface area contributed by atoms with Crippen molar-refractivity contribution in [3.8, 4) is 11.5 Å². The molecule has 0 spiro atoms. The molecule has 2 saturated carbocycles. The third-order valence-electron chi connectivity index (χ3n) is 8.71. The van der Waals surface area contributed by atoms with E-state index in [0.717, 1.165) is 12.2 Å². The van der Waals surface area contributed by atoms with Gasteiger partial charge < -0.3 is 28.4 Å². The Kier molecular flexibility index (Phi) is 16.9. The summed E-state index contributed by atoms with van der Waals surface area (Å²) in [6, 6.07) is 4.19. The molecule has 0 atom stereocenters. The van der Waals surface area contributed by atoms with Gasteiger partial charge in [-0.05, 0) is 95.2 Å². The minimum Gasteiger partial charge on any atom is -0.465 e. The summed E-state index contributed by atoms with van der Waals surface area (Å²) in [5, 5.41) is 0. The van der Waals surface area contributed by atoms with E-state index in [1.807, 2.05) is 0 Å². The summed E-state index contributed by atoms with van der Waals surface area (Å²) in [6.07, 6.45) is 8.53. The second kappa shape index (κ2) is 21.3. The van der Waals surface area contributed by atoms with Crippen LogP contribution in [0, 0.1) is 23.7 Å². The number of unbranched alkanes of at least 4 members (excludes halogenated alkanes) is 2. The summed E-state index contributed by atoms with van der Waals surface area (Å²) in [6.45, 7) is 7.52. The molecule has 13 heteroatoms. The van der Waals surface area contributed by atoms with Crippen LogP contribution in [0.1, 0.15) is 87.4 Å². The molecular weight excluding hydrogens is 652 g/mol. The number of esters is 6. The quantitative estimate of drug-likeness (QED) is 0.0470. The molecule has 13 nitrogen and oxygen atoms in total. The van der Waals surface area contributed by atoms with Crippen molar-refractivity contribution in [3.05, 3.63) is 49.1 Å². The van der Waals surface area contributed by atoms with Gasteiger partial charge >= 0.3 is 35.8 Å². The molecule has 0 saturated heterocycles. The highest BCUT2D eigenvalue weighted by Crippen LogP contribution is 2.33. The van der Waals surface area contributed by atoms with Crippen LogP contribution in [-0.4, -0.2) is 68.5 Å². The Morgan fingerprint density at radius 1 is 0.560 bits per heavy atom. The fraction of sp³-hybridized carbons (Fsp3) is 0.541. The normalized spacial score (nSPS) is 19.9. The molecule has 1 aromatic carbocycles. The average Bonchev–Trinajstić information content (AvgIpc) is 3.14. The van der Waals surface area contributed by atoms with Crippen LogP contribution in [0.15, 0.2) is 43.5 Å². The van der Waals surface area contributed by atoms with E-state index in [9.17, 15) is 33.6 Å². The first-order valence-electron chi connectivity index (χ1n) is 17.1. The van der Waals surface area contributed by atoms with Gasteiger partial charge in [0.2, 0.25) is 0 Å². The first kappa shape index (κ1) is 39.6. The standard InChI is InChI=1S/C37H46O13/c1-3-32(39)45-19-5-7-21-47-34(41)25-9-13-27(14-10-25)36(43)49-30-17-18-31(29(23-30)24-38)50-37(44)28-15-11-26(12-16-28)35(42)48-22-8-6-20-46-33(40)4-2/h3-4,17-18,23-28H,1-2,5-16,19-22H2/t25-,26-,27-,28-. The van der Waals surface area contributed by atoms with Crippen molar-refractivity contribution in [1.82, 2.24) is 0 Å². The molecule has 50 heavy (non-hydrogen) atoms. The highest BCUT2D eigenvalue weighted by Gasteiger charge is 2.33. The van der Waals surface area contributed by atoms with Crippen molar-refractivity contribution in [2.24, 2.45) is 23.7 Å². The van der Waals surface area contributed by atoms with Crippen LogP contribution >= 0.6 is 0 Å². The van der Waals surface area contributed by atoms with Crippen LogP contribution in [-0.2, 0) is 47.7 Å². The van der Waals surface area contributed by atoms with Gasteiger partial charge in [-0.1, -0.05) is 13.2 Å². The molecule has 0 aliphatic heterocycles. The van der Waals surface area contributed by atoms with Crippen molar-refractivity contribution >= 4 is 42.1 Å². The molecule has 0 amide bonds. The molecule has 2 fully saturated rings. The van der Waals surface area contributed by atoms with Crippen molar-refractivity contribution < 1.29 is 62.0 Å². The average molecular weight is 699 g/mol. The molecule has 0 N–H and O–H groups in total. The molecule has 0 unspecified atom stereocenters. The van der Waals surface area contributed by atoms with Crippen LogP contribution in [0.3, 0.4) is 0 Å². The zero-order valence-electron chi connectivity index (χ0n) is 28.3. The number of carbonyl (C=O) groups is 7. The summed E-state index contributed by atoms with van der Waals surface area (Å²) in [7, 11) is 0. The van der Waals surface area contributed by atoms with Crippen molar-refractivity contribution in [1.29, 1.82) is 0 Å². The van der Waals surface area contributed by atoms with Crippen LogP contribution in [0.25, 0.3) is 0 Å². The van der Waals surface area contributed by atoms with E-state index in [2.05, 4.69) is 13.2 Å². The van der Waals surface area contributed by atoms with Crippen molar-refractivity contribution in [2.45, 2.75) is 77.0 Å². The smallest absolute Gasteiger partial charge is 0.330 e. The van der Waals surface area contributed by atoms with E-state index in [1.165, 1.54) is 18.2 Å². The predicted octanol–water partition coefficient (Wildman–Crippen LogP) is 5.03. The summed E-state index contributed by atoms with van der Waals surface area (Å²) in [5.74, 6) is -3.94. The monoisotopic (exact) mass is 698 g/mol. The Morgan fingerprint density at radius 3 is 1.34 bits per heavy atom. The lowest BCUT2D eigenvalue weighted by Gasteiger charge is -2.26. The number of hydrogen-bond donors (Lipinski definition) is 0. The maximum Gasteiger partial charge on any atom is 0.330 e. The SMILES string of the molecule is C=CC(=O)OCCCCOC(=O)[C@H]1CC[C@H](C(=O)Oc2ccc(OC(=O)[C@H]3CC[C@H](C(=O)OCCCCOC(=O)C=C)CC3)c(C=O)c2)CC1. The maximum atomic E-state index is 12.9. The number of benzene rings is 1. The summed E-state index contributed by atoms with van der Waals surface area (Å²) < 4.78 is 31.5. The van der Waals surface area contributed by atoms with Gasteiger partial charge in [-0.25, -0.2) is 9.59 Å². The van der Waals surface area contributed by atoms with Gasteiger partial charge in [-0.2, -0.15) is 0 Å². The maximum absolute atomic E-state index is 12.9. The van der Waals surface area contributed by atoms with Gasteiger partial charge in [-0.15, -0.1) is 0 Å². The van der Waals surface area contributed by atoms with E-state index in [0.29, 0.717) is 83.3 Å². The third kappa shape index (κ3) is 13.2. The fourth-order valence-electron chi connectivity index (χ4n) is 5.75. The summed E-state index contributed by atoms with van der Waals surface area (Å²) in [4.78, 5) is 84.5. The molecular formula is C37H46O13. The molecule has 272 valence electrons. The van der Waals surface area contributed by atoms with Crippen LogP contribution in [0.2, 0.25) is 0 Å². The highest BCUT2D eigenvalue weighted by molar-refractivity contribution is 5.85. The number of hydrogen-bond acceptors (Lipinski definition) is 13. The van der Waals surface area contributed by atoms with Crippen molar-refractivity contribution in [2.75, 3.05) is 26.4 Å². The number of rotatable bonds is 19. The molecule has 0 bridgehead atoms. The number of ether oxygens (including phenoxy) is 6. The summed E-state index contributed by atoms with van der Waals surface area (Å²) >= 11 is 0. The molecule has 0 heterocycles. The first-order chi connectivity index (χ1) is 24.1. The lowest BCUT2D eigenvalue weighted by molar-refractivity contribution is -0.152. The minimum atomic E-state index is -0.511. The molecule has 1 aromatic rings. The van der Waals surface area contributed by atoms with E-state index >= 15 is 0 Å². The minimum absolute atomic E-state index is 0.0434. The molecule has 0 radical (unpaired) electrons. The summed E-state index contributed by atoms with van der Waals surface area (Å²) in [5.41, 5.74) is 0.0468. The van der Waals surface area contributed by atoms with Gasteiger partial charge in [0.05, 0.1) is 55.7 Å². The number of carbonyl (C=O) groups excluding carboxylic acids is 7. The van der Waals surface area contributed by atoms with Gasteiger partial charge in [0.25, 0.3) is 0 Å². The van der Waals surface area contributed by atoms with Crippen molar-refractivity contribution in [3.63, 3.8) is 0 Å². The third-order valence-corrected chi connectivity index (χ3v) is 8.71. The largest absolute Gasteiger partial charge is 0.465 e. The van der Waals surface area contributed by atoms with E-state index < -0.39 is 35.7 Å². The zero-order valence-corrected chi connectivity index (χ0v) is 28.3. The van der Waals surface area contributed by atoms with E-state index in [-0.39, 0.29) is 67.3 Å². The molecule has 3 rings (SSSR count). The van der Waals surface area contributed by atoms with Crippen LogP contribution < -0.4 is 9.47 Å². The second-order valence-electron chi connectivity index (χ2n) is 12.2. The van der Waals surface area contributed by atoms with Crippen LogP contribution in [0.4, 0.5) is 0 Å². The van der Waals surface area contributed by atoms with Gasteiger partial charge in [0.1, 0.15) is 11.5 Å². The first-order valence-corrected chi connectivity index (χ1v) is 17.1. The Bertz CT molecular complexity index is 1370.